The lowest BCUT2D eigenvalue weighted by molar-refractivity contribution is -0.130. The van der Waals surface area contributed by atoms with Crippen molar-refractivity contribution in [2.75, 3.05) is 18.9 Å². The SMILES string of the molecule is CCN(C)C(=O)C(C)Nc1c(C)cccc1C#N. The van der Waals surface area contributed by atoms with Crippen LogP contribution in [0.4, 0.5) is 5.69 Å². The summed E-state index contributed by atoms with van der Waals surface area (Å²) in [5.41, 5.74) is 2.27. The number of nitriles is 1. The van der Waals surface area contributed by atoms with E-state index in [1.54, 1.807) is 18.0 Å². The van der Waals surface area contributed by atoms with E-state index in [0.29, 0.717) is 12.1 Å². The number of aryl methyl sites for hydroxylation is 1. The Labute approximate surface area is 108 Å². The second-order valence-electron chi connectivity index (χ2n) is 4.33. The van der Waals surface area contributed by atoms with Crippen molar-refractivity contribution >= 4 is 11.6 Å². The summed E-state index contributed by atoms with van der Waals surface area (Å²) in [7, 11) is 1.77. The zero-order valence-corrected chi connectivity index (χ0v) is 11.3. The Morgan fingerprint density at radius 3 is 2.78 bits per heavy atom. The van der Waals surface area contributed by atoms with Crippen LogP contribution in [0.3, 0.4) is 0 Å². The van der Waals surface area contributed by atoms with E-state index in [0.717, 1.165) is 11.3 Å². The Hall–Kier alpha value is -2.02. The van der Waals surface area contributed by atoms with E-state index in [-0.39, 0.29) is 11.9 Å². The molecule has 4 heteroatoms. The number of benzene rings is 1. The molecule has 0 radical (unpaired) electrons. The number of hydrogen-bond acceptors (Lipinski definition) is 3. The Balaban J connectivity index is 2.92. The second-order valence-corrected chi connectivity index (χ2v) is 4.33. The van der Waals surface area contributed by atoms with Crippen molar-refractivity contribution in [1.29, 1.82) is 5.26 Å². The first-order chi connectivity index (χ1) is 8.51. The smallest absolute Gasteiger partial charge is 0.244 e. The zero-order valence-electron chi connectivity index (χ0n) is 11.3. The van der Waals surface area contributed by atoms with Gasteiger partial charge in [-0.3, -0.25) is 4.79 Å². The van der Waals surface area contributed by atoms with Crippen molar-refractivity contribution in [2.24, 2.45) is 0 Å². The van der Waals surface area contributed by atoms with Gasteiger partial charge in [0.1, 0.15) is 12.1 Å². The number of amides is 1. The first-order valence-corrected chi connectivity index (χ1v) is 6.02. The minimum Gasteiger partial charge on any atom is -0.373 e. The Morgan fingerprint density at radius 1 is 1.56 bits per heavy atom. The Morgan fingerprint density at radius 2 is 2.22 bits per heavy atom. The molecule has 0 aliphatic rings. The van der Waals surface area contributed by atoms with Crippen LogP contribution in [0, 0.1) is 18.3 Å². The van der Waals surface area contributed by atoms with Crippen LogP contribution < -0.4 is 5.32 Å². The van der Waals surface area contributed by atoms with E-state index in [9.17, 15) is 4.79 Å². The summed E-state index contributed by atoms with van der Waals surface area (Å²) in [6.45, 7) is 6.33. The molecule has 0 saturated carbocycles. The molecule has 0 bridgehead atoms. The number of rotatable bonds is 4. The zero-order chi connectivity index (χ0) is 13.7. The minimum absolute atomic E-state index is 0.0182. The highest BCUT2D eigenvalue weighted by Gasteiger charge is 2.18. The maximum Gasteiger partial charge on any atom is 0.244 e. The molecule has 1 atom stereocenters. The van der Waals surface area contributed by atoms with Gasteiger partial charge in [0.2, 0.25) is 5.91 Å². The highest BCUT2D eigenvalue weighted by atomic mass is 16.2. The number of anilines is 1. The lowest BCUT2D eigenvalue weighted by atomic mass is 10.1. The van der Waals surface area contributed by atoms with Crippen molar-refractivity contribution in [1.82, 2.24) is 4.90 Å². The molecule has 18 heavy (non-hydrogen) atoms. The number of carbonyl (C=O) groups is 1. The number of hydrogen-bond donors (Lipinski definition) is 1. The maximum absolute atomic E-state index is 12.0. The summed E-state index contributed by atoms with van der Waals surface area (Å²) in [5.74, 6) is 0.0182. The van der Waals surface area contributed by atoms with E-state index < -0.39 is 0 Å². The molecule has 1 aromatic carbocycles. The quantitative estimate of drug-likeness (QED) is 0.884. The van der Waals surface area contributed by atoms with Crippen molar-refractivity contribution in [2.45, 2.75) is 26.8 Å². The van der Waals surface area contributed by atoms with Gasteiger partial charge in [0, 0.05) is 13.6 Å². The first-order valence-electron chi connectivity index (χ1n) is 6.02. The summed E-state index contributed by atoms with van der Waals surface area (Å²) < 4.78 is 0. The molecule has 4 nitrogen and oxygen atoms in total. The van der Waals surface area contributed by atoms with Gasteiger partial charge in [-0.25, -0.2) is 0 Å². The number of carbonyl (C=O) groups excluding carboxylic acids is 1. The molecule has 0 aromatic heterocycles. The molecule has 1 rings (SSSR count). The fourth-order valence-corrected chi connectivity index (χ4v) is 1.72. The van der Waals surface area contributed by atoms with E-state index >= 15 is 0 Å². The van der Waals surface area contributed by atoms with Gasteiger partial charge in [-0.1, -0.05) is 12.1 Å². The van der Waals surface area contributed by atoms with Crippen LogP contribution in [0.25, 0.3) is 0 Å². The van der Waals surface area contributed by atoms with Gasteiger partial charge in [0.25, 0.3) is 0 Å². The normalized spacial score (nSPS) is 11.5. The van der Waals surface area contributed by atoms with Gasteiger partial charge in [-0.2, -0.15) is 5.26 Å². The topological polar surface area (TPSA) is 56.1 Å². The van der Waals surface area contributed by atoms with Crippen molar-refractivity contribution in [3.63, 3.8) is 0 Å². The molecule has 0 saturated heterocycles. The summed E-state index contributed by atoms with van der Waals surface area (Å²) in [6.07, 6.45) is 0. The van der Waals surface area contributed by atoms with Crippen LogP contribution in [0.1, 0.15) is 25.0 Å². The van der Waals surface area contributed by atoms with Crippen molar-refractivity contribution < 1.29 is 4.79 Å². The predicted molar refractivity (Wildman–Crippen MR) is 72.3 cm³/mol. The van der Waals surface area contributed by atoms with Crippen LogP contribution in [0.2, 0.25) is 0 Å². The summed E-state index contributed by atoms with van der Waals surface area (Å²) >= 11 is 0. The summed E-state index contributed by atoms with van der Waals surface area (Å²) in [5, 5.41) is 12.2. The largest absolute Gasteiger partial charge is 0.373 e. The molecule has 1 amide bonds. The van der Waals surface area contributed by atoms with Crippen LogP contribution in [0.15, 0.2) is 18.2 Å². The Bertz CT molecular complexity index is 476. The predicted octanol–water partition coefficient (Wildman–Crippen LogP) is 2.15. The second kappa shape index (κ2) is 6.06. The fourth-order valence-electron chi connectivity index (χ4n) is 1.72. The monoisotopic (exact) mass is 245 g/mol. The van der Waals surface area contributed by atoms with Crippen molar-refractivity contribution in [3.05, 3.63) is 29.3 Å². The van der Waals surface area contributed by atoms with Crippen LogP contribution in [-0.4, -0.2) is 30.4 Å². The van der Waals surface area contributed by atoms with Gasteiger partial charge in [0.05, 0.1) is 11.3 Å². The number of likely N-dealkylation sites (N-methyl/N-ethyl adjacent to an activating group) is 1. The third-order valence-corrected chi connectivity index (χ3v) is 2.98. The highest BCUT2D eigenvalue weighted by molar-refractivity contribution is 5.85. The maximum atomic E-state index is 12.0. The number of nitrogens with zero attached hydrogens (tertiary/aromatic N) is 2. The average Bonchev–Trinajstić information content (AvgIpc) is 2.38. The number of nitrogens with one attached hydrogen (secondary N) is 1. The molecule has 0 spiro atoms. The van der Waals surface area contributed by atoms with Gasteiger partial charge < -0.3 is 10.2 Å². The van der Waals surface area contributed by atoms with E-state index in [4.69, 9.17) is 5.26 Å². The molecule has 1 N–H and O–H groups in total. The van der Waals surface area contributed by atoms with Crippen molar-refractivity contribution in [3.8, 4) is 6.07 Å². The molecule has 1 unspecified atom stereocenters. The van der Waals surface area contributed by atoms with E-state index in [1.807, 2.05) is 32.9 Å². The fraction of sp³-hybridized carbons (Fsp3) is 0.429. The molecular formula is C14H19N3O. The molecular weight excluding hydrogens is 226 g/mol. The van der Waals surface area contributed by atoms with Gasteiger partial charge >= 0.3 is 0 Å². The van der Waals surface area contributed by atoms with Crippen LogP contribution >= 0.6 is 0 Å². The number of para-hydroxylation sites is 1. The van der Waals surface area contributed by atoms with E-state index in [1.165, 1.54) is 0 Å². The average molecular weight is 245 g/mol. The molecule has 1 aromatic rings. The molecule has 0 aliphatic carbocycles. The first kappa shape index (κ1) is 14.0. The summed E-state index contributed by atoms with van der Waals surface area (Å²) in [4.78, 5) is 13.6. The molecule has 96 valence electrons. The molecule has 0 fully saturated rings. The highest BCUT2D eigenvalue weighted by Crippen LogP contribution is 2.20. The van der Waals surface area contributed by atoms with Gasteiger partial charge in [-0.15, -0.1) is 0 Å². The van der Waals surface area contributed by atoms with E-state index in [2.05, 4.69) is 11.4 Å². The standard InChI is InChI=1S/C14H19N3O/c1-5-17(4)14(18)11(3)16-13-10(2)7-6-8-12(13)9-15/h6-8,11,16H,5H2,1-4H3. The van der Waals surface area contributed by atoms with Crippen LogP contribution in [0.5, 0.6) is 0 Å². The third-order valence-electron chi connectivity index (χ3n) is 2.98. The van der Waals surface area contributed by atoms with Gasteiger partial charge in [-0.05, 0) is 32.4 Å². The van der Waals surface area contributed by atoms with Gasteiger partial charge in [0.15, 0.2) is 0 Å². The molecule has 0 heterocycles. The Kier molecular flexibility index (Phi) is 4.73. The molecule has 0 aliphatic heterocycles. The lowest BCUT2D eigenvalue weighted by Gasteiger charge is -2.22. The lowest BCUT2D eigenvalue weighted by Crippen LogP contribution is -2.39. The minimum atomic E-state index is -0.344. The third kappa shape index (κ3) is 3.01. The van der Waals surface area contributed by atoms with Crippen LogP contribution in [-0.2, 0) is 4.79 Å². The summed E-state index contributed by atoms with van der Waals surface area (Å²) in [6, 6.07) is 7.30.